The van der Waals surface area contributed by atoms with Gasteiger partial charge in [0, 0.05) is 41.0 Å². The van der Waals surface area contributed by atoms with Crippen LogP contribution in [0.25, 0.3) is 10.9 Å². The average molecular weight is 366 g/mol. The molecule has 2 aromatic carbocycles. The van der Waals surface area contributed by atoms with Gasteiger partial charge in [-0.05, 0) is 48.7 Å². The Morgan fingerprint density at radius 1 is 1.30 bits per heavy atom. The molecule has 0 atom stereocenters. The zero-order valence-electron chi connectivity index (χ0n) is 15.2. The molecule has 0 spiro atoms. The first-order chi connectivity index (χ1) is 13.1. The topological polar surface area (TPSA) is 97.4 Å². The number of aromatic amines is 1. The third-order valence-electron chi connectivity index (χ3n) is 5.22. The molecule has 0 saturated carbocycles. The Morgan fingerprint density at radius 3 is 2.89 bits per heavy atom. The highest BCUT2D eigenvalue weighted by atomic mass is 16.6. The summed E-state index contributed by atoms with van der Waals surface area (Å²) in [5.74, 6) is 0.813. The van der Waals surface area contributed by atoms with Crippen LogP contribution in [0.3, 0.4) is 0 Å². The fourth-order valence-electron chi connectivity index (χ4n) is 3.88. The van der Waals surface area contributed by atoms with E-state index in [-0.39, 0.29) is 10.6 Å². The van der Waals surface area contributed by atoms with E-state index in [0.29, 0.717) is 13.1 Å². The summed E-state index contributed by atoms with van der Waals surface area (Å²) in [7, 11) is 1.66. The molecule has 0 saturated heterocycles. The number of hydrogen-bond acceptors (Lipinski definition) is 5. The number of fused-ring (bicyclic) bond motifs is 2. The Labute approximate surface area is 156 Å². The number of hydrogen-bond donors (Lipinski definition) is 2. The number of nitrogens with two attached hydrogens (primary N) is 1. The predicted molar refractivity (Wildman–Crippen MR) is 105 cm³/mol. The lowest BCUT2D eigenvalue weighted by atomic mass is 10.1. The maximum atomic E-state index is 11.1. The Morgan fingerprint density at radius 2 is 2.15 bits per heavy atom. The molecular weight excluding hydrogens is 344 g/mol. The molecule has 4 rings (SSSR count). The normalized spacial score (nSPS) is 13.2. The lowest BCUT2D eigenvalue weighted by molar-refractivity contribution is -0.384. The minimum Gasteiger partial charge on any atom is -0.497 e. The summed E-state index contributed by atoms with van der Waals surface area (Å²) in [6.45, 7) is 2.07. The lowest BCUT2D eigenvalue weighted by Crippen LogP contribution is -2.21. The fourth-order valence-corrected chi connectivity index (χ4v) is 3.88. The smallest absolute Gasteiger partial charge is 0.271 e. The maximum absolute atomic E-state index is 11.1. The van der Waals surface area contributed by atoms with Crippen molar-refractivity contribution < 1.29 is 9.66 Å². The highest BCUT2D eigenvalue weighted by Crippen LogP contribution is 2.34. The molecule has 1 aliphatic heterocycles. The molecule has 0 radical (unpaired) electrons. The van der Waals surface area contributed by atoms with Gasteiger partial charge in [-0.3, -0.25) is 10.1 Å². The summed E-state index contributed by atoms with van der Waals surface area (Å²) in [4.78, 5) is 16.5. The predicted octanol–water partition coefficient (Wildman–Crippen LogP) is 3.15. The van der Waals surface area contributed by atoms with Crippen molar-refractivity contribution >= 4 is 22.3 Å². The maximum Gasteiger partial charge on any atom is 0.271 e. The van der Waals surface area contributed by atoms with Crippen molar-refractivity contribution in [3.05, 3.63) is 63.3 Å². The molecule has 3 aromatic rings. The van der Waals surface area contributed by atoms with Crippen molar-refractivity contribution in [2.24, 2.45) is 5.73 Å². The van der Waals surface area contributed by atoms with Crippen LogP contribution in [0.4, 0.5) is 11.4 Å². The highest BCUT2D eigenvalue weighted by molar-refractivity contribution is 5.86. The van der Waals surface area contributed by atoms with E-state index in [4.69, 9.17) is 10.5 Å². The molecule has 0 amide bonds. The van der Waals surface area contributed by atoms with Gasteiger partial charge in [0.2, 0.25) is 0 Å². The lowest BCUT2D eigenvalue weighted by Gasteiger charge is -2.19. The van der Waals surface area contributed by atoms with Gasteiger partial charge in [-0.25, -0.2) is 0 Å². The summed E-state index contributed by atoms with van der Waals surface area (Å²) < 4.78 is 5.36. The number of nitrogens with zero attached hydrogens (tertiary/aromatic N) is 2. The third-order valence-corrected chi connectivity index (χ3v) is 5.22. The molecule has 1 aliphatic rings. The first kappa shape index (κ1) is 17.4. The van der Waals surface area contributed by atoms with Crippen LogP contribution in [0, 0.1) is 10.1 Å². The van der Waals surface area contributed by atoms with Gasteiger partial charge in [-0.2, -0.15) is 0 Å². The molecule has 3 N–H and O–H groups in total. The third kappa shape index (κ3) is 3.10. The average Bonchev–Trinajstić information content (AvgIpc) is 3.23. The number of benzene rings is 2. The number of non-ortho nitro benzene ring substituents is 1. The van der Waals surface area contributed by atoms with Gasteiger partial charge in [-0.15, -0.1) is 0 Å². The largest absolute Gasteiger partial charge is 0.497 e. The molecule has 0 bridgehead atoms. The second kappa shape index (κ2) is 6.92. The van der Waals surface area contributed by atoms with Crippen molar-refractivity contribution in [1.82, 2.24) is 4.98 Å². The van der Waals surface area contributed by atoms with E-state index in [0.717, 1.165) is 53.0 Å². The molecule has 0 aliphatic carbocycles. The van der Waals surface area contributed by atoms with E-state index < -0.39 is 0 Å². The first-order valence-corrected chi connectivity index (χ1v) is 9.00. The monoisotopic (exact) mass is 366 g/mol. The summed E-state index contributed by atoms with van der Waals surface area (Å²) in [5.41, 5.74) is 11.4. The van der Waals surface area contributed by atoms with Crippen LogP contribution in [0.5, 0.6) is 5.75 Å². The van der Waals surface area contributed by atoms with Crippen LogP contribution in [0.1, 0.15) is 16.8 Å². The molecule has 7 heteroatoms. The van der Waals surface area contributed by atoms with Gasteiger partial charge >= 0.3 is 0 Å². The molecule has 7 nitrogen and oxygen atoms in total. The van der Waals surface area contributed by atoms with Crippen molar-refractivity contribution in [2.45, 2.75) is 19.4 Å². The van der Waals surface area contributed by atoms with E-state index in [1.807, 2.05) is 24.3 Å². The minimum absolute atomic E-state index is 0.129. The van der Waals surface area contributed by atoms with Crippen LogP contribution in [0.2, 0.25) is 0 Å². The van der Waals surface area contributed by atoms with Gasteiger partial charge in [0.15, 0.2) is 0 Å². The number of H-pyrrole nitrogens is 1. The van der Waals surface area contributed by atoms with E-state index >= 15 is 0 Å². The van der Waals surface area contributed by atoms with Crippen LogP contribution in [0.15, 0.2) is 36.4 Å². The van der Waals surface area contributed by atoms with Crippen LogP contribution < -0.4 is 15.4 Å². The van der Waals surface area contributed by atoms with Gasteiger partial charge in [0.05, 0.1) is 18.6 Å². The molecule has 1 aromatic heterocycles. The van der Waals surface area contributed by atoms with Crippen LogP contribution in [-0.2, 0) is 19.4 Å². The number of nitro groups is 1. The van der Waals surface area contributed by atoms with Crippen molar-refractivity contribution in [2.75, 3.05) is 25.1 Å². The quantitative estimate of drug-likeness (QED) is 0.516. The van der Waals surface area contributed by atoms with Crippen LogP contribution in [-0.4, -0.2) is 30.1 Å². The van der Waals surface area contributed by atoms with E-state index in [2.05, 4.69) is 9.88 Å². The highest BCUT2D eigenvalue weighted by Gasteiger charge is 2.24. The van der Waals surface area contributed by atoms with Crippen molar-refractivity contribution in [3.63, 3.8) is 0 Å². The van der Waals surface area contributed by atoms with Gasteiger partial charge in [0.1, 0.15) is 5.75 Å². The summed E-state index contributed by atoms with van der Waals surface area (Å²) in [6.07, 6.45) is 1.66. The van der Waals surface area contributed by atoms with E-state index in [1.54, 1.807) is 19.2 Å². The standard InChI is InChI=1S/C20H22N4O3/c1-27-15-4-5-18-17(11-15)16(6-8-21)19(22-18)12-23-9-7-13-2-3-14(24(25)26)10-20(13)23/h2-5,10-11,22H,6-9,12,21H2,1H3. The fraction of sp³-hybridized carbons (Fsp3) is 0.300. The van der Waals surface area contributed by atoms with Gasteiger partial charge < -0.3 is 20.4 Å². The number of anilines is 1. The van der Waals surface area contributed by atoms with Gasteiger partial charge in [0.25, 0.3) is 5.69 Å². The second-order valence-electron chi connectivity index (χ2n) is 6.77. The number of nitro benzene ring substituents is 1. The molecule has 140 valence electrons. The molecular formula is C20H22N4O3. The number of ether oxygens (including phenoxy) is 1. The first-order valence-electron chi connectivity index (χ1n) is 9.00. The SMILES string of the molecule is COc1ccc2[nH]c(CN3CCc4ccc([N+](=O)[O-])cc43)c(CCN)c2c1. The molecule has 0 fully saturated rings. The Hall–Kier alpha value is -3.06. The van der Waals surface area contributed by atoms with Crippen molar-refractivity contribution in [1.29, 1.82) is 0 Å². The zero-order valence-corrected chi connectivity index (χ0v) is 15.2. The van der Waals surface area contributed by atoms with E-state index in [9.17, 15) is 10.1 Å². The number of methoxy groups -OCH3 is 1. The summed E-state index contributed by atoms with van der Waals surface area (Å²) in [5, 5.41) is 12.3. The van der Waals surface area contributed by atoms with Crippen LogP contribution >= 0.6 is 0 Å². The minimum atomic E-state index is -0.341. The van der Waals surface area contributed by atoms with Crippen molar-refractivity contribution in [3.8, 4) is 5.75 Å². The second-order valence-corrected chi connectivity index (χ2v) is 6.77. The Bertz CT molecular complexity index is 1010. The number of rotatable bonds is 6. The Kier molecular flexibility index (Phi) is 4.45. The van der Waals surface area contributed by atoms with Gasteiger partial charge in [-0.1, -0.05) is 6.07 Å². The summed E-state index contributed by atoms with van der Waals surface area (Å²) >= 11 is 0. The molecule has 27 heavy (non-hydrogen) atoms. The van der Waals surface area contributed by atoms with E-state index in [1.165, 1.54) is 5.56 Å². The number of nitrogens with one attached hydrogen (secondary N) is 1. The molecule has 0 unspecified atom stereocenters. The zero-order chi connectivity index (χ0) is 19.0. The summed E-state index contributed by atoms with van der Waals surface area (Å²) in [6, 6.07) is 11.1. The number of aromatic nitrogens is 1. The Balaban J connectivity index is 1.72. The molecule has 2 heterocycles.